The molecule has 0 amide bonds. The minimum absolute atomic E-state index is 0.350. The SMILES string of the molecule is CCNC(C)c1cccc(OCc2ccc(C)cc2)c1. The Morgan fingerprint density at radius 2 is 1.85 bits per heavy atom. The highest BCUT2D eigenvalue weighted by atomic mass is 16.5. The number of nitrogens with one attached hydrogen (secondary N) is 1. The smallest absolute Gasteiger partial charge is 0.120 e. The third-order valence-electron chi connectivity index (χ3n) is 3.39. The predicted octanol–water partition coefficient (Wildman–Crippen LogP) is 4.24. The second-order valence-electron chi connectivity index (χ2n) is 5.13. The number of benzene rings is 2. The molecule has 0 aliphatic rings. The largest absolute Gasteiger partial charge is 0.489 e. The molecule has 2 aromatic carbocycles. The molecule has 0 radical (unpaired) electrons. The van der Waals surface area contributed by atoms with E-state index < -0.39 is 0 Å². The first kappa shape index (κ1) is 14.6. The maximum atomic E-state index is 5.87. The molecule has 2 rings (SSSR count). The summed E-state index contributed by atoms with van der Waals surface area (Å²) in [5, 5.41) is 3.41. The highest BCUT2D eigenvalue weighted by molar-refractivity contribution is 5.31. The van der Waals surface area contributed by atoms with E-state index in [2.05, 4.69) is 62.5 Å². The normalized spacial score (nSPS) is 12.2. The van der Waals surface area contributed by atoms with Gasteiger partial charge in [0.2, 0.25) is 0 Å². The highest BCUT2D eigenvalue weighted by Crippen LogP contribution is 2.20. The molecule has 0 aliphatic heterocycles. The van der Waals surface area contributed by atoms with Gasteiger partial charge in [0.15, 0.2) is 0 Å². The van der Waals surface area contributed by atoms with E-state index in [1.807, 2.05) is 12.1 Å². The van der Waals surface area contributed by atoms with Crippen molar-refractivity contribution in [3.8, 4) is 5.75 Å². The number of ether oxygens (including phenoxy) is 1. The molecule has 1 unspecified atom stereocenters. The van der Waals surface area contributed by atoms with Crippen molar-refractivity contribution in [3.05, 3.63) is 65.2 Å². The summed E-state index contributed by atoms with van der Waals surface area (Å²) >= 11 is 0. The van der Waals surface area contributed by atoms with Gasteiger partial charge >= 0.3 is 0 Å². The van der Waals surface area contributed by atoms with Crippen LogP contribution in [0, 0.1) is 6.92 Å². The number of rotatable bonds is 6. The molecule has 0 aliphatic carbocycles. The van der Waals surface area contributed by atoms with Gasteiger partial charge in [0.1, 0.15) is 12.4 Å². The molecule has 1 N–H and O–H groups in total. The van der Waals surface area contributed by atoms with Crippen LogP contribution in [-0.4, -0.2) is 6.54 Å². The van der Waals surface area contributed by atoms with Crippen LogP contribution in [0.2, 0.25) is 0 Å². The minimum Gasteiger partial charge on any atom is -0.489 e. The van der Waals surface area contributed by atoms with Gasteiger partial charge in [0.05, 0.1) is 0 Å². The van der Waals surface area contributed by atoms with E-state index in [1.54, 1.807) is 0 Å². The zero-order valence-electron chi connectivity index (χ0n) is 12.5. The molecular formula is C18H23NO. The Balaban J connectivity index is 1.99. The first-order chi connectivity index (χ1) is 9.69. The summed E-state index contributed by atoms with van der Waals surface area (Å²) < 4.78 is 5.87. The summed E-state index contributed by atoms with van der Waals surface area (Å²) in [6, 6.07) is 17.1. The molecule has 0 fully saturated rings. The Hall–Kier alpha value is -1.80. The zero-order chi connectivity index (χ0) is 14.4. The first-order valence-electron chi connectivity index (χ1n) is 7.20. The first-order valence-corrected chi connectivity index (χ1v) is 7.20. The molecule has 20 heavy (non-hydrogen) atoms. The van der Waals surface area contributed by atoms with Crippen molar-refractivity contribution >= 4 is 0 Å². The lowest BCUT2D eigenvalue weighted by Gasteiger charge is -2.14. The lowest BCUT2D eigenvalue weighted by atomic mass is 10.1. The van der Waals surface area contributed by atoms with Crippen LogP contribution < -0.4 is 10.1 Å². The Morgan fingerprint density at radius 3 is 2.55 bits per heavy atom. The summed E-state index contributed by atoms with van der Waals surface area (Å²) in [6.45, 7) is 7.96. The monoisotopic (exact) mass is 269 g/mol. The van der Waals surface area contributed by atoms with Crippen LogP contribution in [0.1, 0.15) is 36.6 Å². The van der Waals surface area contributed by atoms with Crippen LogP contribution in [0.15, 0.2) is 48.5 Å². The van der Waals surface area contributed by atoms with E-state index in [0.29, 0.717) is 12.6 Å². The van der Waals surface area contributed by atoms with Crippen LogP contribution in [0.3, 0.4) is 0 Å². The maximum Gasteiger partial charge on any atom is 0.120 e. The zero-order valence-corrected chi connectivity index (χ0v) is 12.5. The van der Waals surface area contributed by atoms with Crippen molar-refractivity contribution in [2.75, 3.05) is 6.54 Å². The standard InChI is InChI=1S/C18H23NO/c1-4-19-15(3)17-6-5-7-18(12-17)20-13-16-10-8-14(2)9-11-16/h5-12,15,19H,4,13H2,1-3H3. The summed E-state index contributed by atoms with van der Waals surface area (Å²) in [6.07, 6.45) is 0. The molecule has 0 spiro atoms. The summed E-state index contributed by atoms with van der Waals surface area (Å²) in [5.41, 5.74) is 3.73. The van der Waals surface area contributed by atoms with Crippen LogP contribution >= 0.6 is 0 Å². The van der Waals surface area contributed by atoms with Crippen LogP contribution in [0.4, 0.5) is 0 Å². The van der Waals surface area contributed by atoms with Gasteiger partial charge in [0, 0.05) is 6.04 Å². The minimum atomic E-state index is 0.350. The molecule has 106 valence electrons. The molecule has 0 saturated heterocycles. The summed E-state index contributed by atoms with van der Waals surface area (Å²) in [5.74, 6) is 0.924. The number of hydrogen-bond donors (Lipinski definition) is 1. The molecular weight excluding hydrogens is 246 g/mol. The third-order valence-corrected chi connectivity index (χ3v) is 3.39. The molecule has 0 heterocycles. The summed E-state index contributed by atoms with van der Waals surface area (Å²) in [4.78, 5) is 0. The van der Waals surface area contributed by atoms with E-state index in [9.17, 15) is 0 Å². The fourth-order valence-corrected chi connectivity index (χ4v) is 2.15. The molecule has 0 saturated carbocycles. The van der Waals surface area contributed by atoms with Gasteiger partial charge in [-0.2, -0.15) is 0 Å². The highest BCUT2D eigenvalue weighted by Gasteiger charge is 2.04. The quantitative estimate of drug-likeness (QED) is 0.846. The van der Waals surface area contributed by atoms with E-state index in [-0.39, 0.29) is 0 Å². The van der Waals surface area contributed by atoms with Crippen molar-refractivity contribution in [2.45, 2.75) is 33.4 Å². The molecule has 2 heteroatoms. The van der Waals surface area contributed by atoms with Crippen LogP contribution in [0.25, 0.3) is 0 Å². The lowest BCUT2D eigenvalue weighted by molar-refractivity contribution is 0.305. The van der Waals surface area contributed by atoms with E-state index in [0.717, 1.165) is 12.3 Å². The van der Waals surface area contributed by atoms with Crippen LogP contribution in [-0.2, 0) is 6.61 Å². The van der Waals surface area contributed by atoms with Crippen molar-refractivity contribution in [1.82, 2.24) is 5.32 Å². The van der Waals surface area contributed by atoms with E-state index in [1.165, 1.54) is 16.7 Å². The fraction of sp³-hybridized carbons (Fsp3) is 0.333. The molecule has 2 nitrogen and oxygen atoms in total. The molecule has 1 atom stereocenters. The Morgan fingerprint density at radius 1 is 1.10 bits per heavy atom. The maximum absolute atomic E-state index is 5.87. The number of aryl methyl sites for hydroxylation is 1. The lowest BCUT2D eigenvalue weighted by Crippen LogP contribution is -2.17. The predicted molar refractivity (Wildman–Crippen MR) is 84.0 cm³/mol. The Labute approximate surface area is 121 Å². The van der Waals surface area contributed by atoms with Crippen LogP contribution in [0.5, 0.6) is 5.75 Å². The second kappa shape index (κ2) is 7.11. The third kappa shape index (κ3) is 4.10. The van der Waals surface area contributed by atoms with Gasteiger partial charge < -0.3 is 10.1 Å². The van der Waals surface area contributed by atoms with Crippen molar-refractivity contribution in [2.24, 2.45) is 0 Å². The van der Waals surface area contributed by atoms with Gasteiger partial charge in [0.25, 0.3) is 0 Å². The molecule has 2 aromatic rings. The molecule has 0 aromatic heterocycles. The van der Waals surface area contributed by atoms with E-state index >= 15 is 0 Å². The van der Waals surface area contributed by atoms with Gasteiger partial charge in [-0.15, -0.1) is 0 Å². The second-order valence-corrected chi connectivity index (χ2v) is 5.13. The average Bonchev–Trinajstić information content (AvgIpc) is 2.47. The van der Waals surface area contributed by atoms with Crippen molar-refractivity contribution in [3.63, 3.8) is 0 Å². The van der Waals surface area contributed by atoms with Gasteiger partial charge in [-0.05, 0) is 43.7 Å². The molecule has 0 bridgehead atoms. The van der Waals surface area contributed by atoms with E-state index in [4.69, 9.17) is 4.74 Å². The Kier molecular flexibility index (Phi) is 5.19. The summed E-state index contributed by atoms with van der Waals surface area (Å²) in [7, 11) is 0. The fourth-order valence-electron chi connectivity index (χ4n) is 2.15. The Bertz CT molecular complexity index is 533. The topological polar surface area (TPSA) is 21.3 Å². The van der Waals surface area contributed by atoms with Gasteiger partial charge in [-0.3, -0.25) is 0 Å². The van der Waals surface area contributed by atoms with Gasteiger partial charge in [-0.25, -0.2) is 0 Å². The van der Waals surface area contributed by atoms with Gasteiger partial charge in [-0.1, -0.05) is 48.9 Å². The van der Waals surface area contributed by atoms with Crippen molar-refractivity contribution in [1.29, 1.82) is 0 Å². The average molecular weight is 269 g/mol. The van der Waals surface area contributed by atoms with Crippen molar-refractivity contribution < 1.29 is 4.74 Å². The number of hydrogen-bond acceptors (Lipinski definition) is 2.